The number of hydrogen-bond acceptors (Lipinski definition) is 4. The second-order valence-corrected chi connectivity index (χ2v) is 8.04. The van der Waals surface area contributed by atoms with Gasteiger partial charge in [-0.2, -0.15) is 0 Å². The topological polar surface area (TPSA) is 77.4 Å². The molecule has 1 heterocycles. The van der Waals surface area contributed by atoms with Crippen LogP contribution in [-0.2, 0) is 20.9 Å². The van der Waals surface area contributed by atoms with Gasteiger partial charge in [-0.25, -0.2) is 0 Å². The number of para-hydroxylation sites is 2. The molecular formula is C24H18Cl2N2O4. The number of halogens is 2. The molecule has 6 nitrogen and oxygen atoms in total. The van der Waals surface area contributed by atoms with Crippen molar-refractivity contribution in [3.63, 3.8) is 0 Å². The second kappa shape index (κ2) is 9.02. The van der Waals surface area contributed by atoms with Gasteiger partial charge in [-0.1, -0.05) is 47.5 Å². The molecule has 0 saturated carbocycles. The fourth-order valence-electron chi connectivity index (χ4n) is 3.49. The van der Waals surface area contributed by atoms with Crippen molar-refractivity contribution < 1.29 is 14.3 Å². The van der Waals surface area contributed by atoms with Crippen LogP contribution in [0.1, 0.15) is 6.92 Å². The normalized spacial score (nSPS) is 12.0. The molecule has 4 aromatic rings. The van der Waals surface area contributed by atoms with Crippen molar-refractivity contribution in [1.82, 2.24) is 4.57 Å². The van der Waals surface area contributed by atoms with E-state index in [1.165, 1.54) is 13.0 Å². The second-order valence-electron chi connectivity index (χ2n) is 7.20. The monoisotopic (exact) mass is 468 g/mol. The zero-order chi connectivity index (χ0) is 22.8. The van der Waals surface area contributed by atoms with Gasteiger partial charge in [0, 0.05) is 15.8 Å². The average molecular weight is 469 g/mol. The lowest BCUT2D eigenvalue weighted by atomic mass is 10.1. The molecule has 4 rings (SSSR count). The Kier molecular flexibility index (Phi) is 6.17. The molecule has 32 heavy (non-hydrogen) atoms. The van der Waals surface area contributed by atoms with Gasteiger partial charge in [0.15, 0.2) is 11.5 Å². The van der Waals surface area contributed by atoms with E-state index in [0.29, 0.717) is 32.5 Å². The van der Waals surface area contributed by atoms with Gasteiger partial charge in [0.05, 0.1) is 21.7 Å². The Morgan fingerprint density at radius 3 is 2.16 bits per heavy atom. The average Bonchev–Trinajstić information content (AvgIpc) is 2.78. The van der Waals surface area contributed by atoms with Gasteiger partial charge in [-0.15, -0.1) is 0 Å². The largest absolute Gasteiger partial charge is 0.451 e. The van der Waals surface area contributed by atoms with Crippen LogP contribution in [0, 0.1) is 0 Å². The number of nitrogens with zero attached hydrogens (tertiary/aromatic N) is 1. The summed E-state index contributed by atoms with van der Waals surface area (Å²) in [5.74, 6) is -1.15. The fourth-order valence-corrected chi connectivity index (χ4v) is 3.95. The number of pyridine rings is 1. The van der Waals surface area contributed by atoms with E-state index in [1.54, 1.807) is 65.2 Å². The lowest BCUT2D eigenvalue weighted by molar-refractivity contribution is -0.153. The molecule has 0 aliphatic carbocycles. The summed E-state index contributed by atoms with van der Waals surface area (Å²) in [6.07, 6.45) is -1.06. The number of aromatic nitrogens is 1. The van der Waals surface area contributed by atoms with Crippen LogP contribution in [0.4, 0.5) is 5.69 Å². The number of hydrogen-bond donors (Lipinski definition) is 1. The van der Waals surface area contributed by atoms with Gasteiger partial charge >= 0.3 is 5.97 Å². The molecule has 0 aliphatic rings. The van der Waals surface area contributed by atoms with E-state index in [2.05, 4.69) is 5.32 Å². The van der Waals surface area contributed by atoms with Crippen molar-refractivity contribution in [2.24, 2.45) is 0 Å². The SMILES string of the molecule is CC(OC(=O)Cn1c2ccccc2c(=O)c2ccccc21)C(=O)Nc1ccc(Cl)cc1Cl. The number of fused-ring (bicyclic) bond motifs is 2. The van der Waals surface area contributed by atoms with E-state index in [1.807, 2.05) is 0 Å². The first-order valence-electron chi connectivity index (χ1n) is 9.81. The summed E-state index contributed by atoms with van der Waals surface area (Å²) < 4.78 is 7.08. The molecule has 162 valence electrons. The van der Waals surface area contributed by atoms with Crippen LogP contribution >= 0.6 is 23.2 Å². The van der Waals surface area contributed by atoms with Crippen LogP contribution in [-0.4, -0.2) is 22.5 Å². The van der Waals surface area contributed by atoms with E-state index >= 15 is 0 Å². The standard InChI is InChI=1S/C24H18Cl2N2O4/c1-14(24(31)27-19-11-10-15(25)12-18(19)26)32-22(29)13-28-20-8-4-2-6-16(20)23(30)17-7-3-5-9-21(17)28/h2-12,14H,13H2,1H3,(H,27,31). The molecule has 0 saturated heterocycles. The van der Waals surface area contributed by atoms with E-state index in [-0.39, 0.29) is 17.0 Å². The van der Waals surface area contributed by atoms with E-state index in [4.69, 9.17) is 27.9 Å². The predicted molar refractivity (Wildman–Crippen MR) is 126 cm³/mol. The van der Waals surface area contributed by atoms with Crippen LogP contribution in [0.3, 0.4) is 0 Å². The number of ether oxygens (including phenoxy) is 1. The Bertz CT molecular complexity index is 1350. The number of rotatable bonds is 5. The van der Waals surface area contributed by atoms with Gasteiger partial charge in [-0.3, -0.25) is 14.4 Å². The molecule has 1 unspecified atom stereocenters. The van der Waals surface area contributed by atoms with Crippen molar-refractivity contribution in [3.05, 3.63) is 87.0 Å². The molecule has 8 heteroatoms. The smallest absolute Gasteiger partial charge is 0.326 e. The Balaban J connectivity index is 1.57. The number of benzene rings is 3. The molecule has 1 atom stereocenters. The molecule has 0 spiro atoms. The first-order valence-corrected chi connectivity index (χ1v) is 10.6. The summed E-state index contributed by atoms with van der Waals surface area (Å²) in [5.41, 5.74) is 1.48. The maximum atomic E-state index is 12.8. The summed E-state index contributed by atoms with van der Waals surface area (Å²) in [6, 6.07) is 18.8. The summed E-state index contributed by atoms with van der Waals surface area (Å²) in [6.45, 7) is 1.30. The highest BCUT2D eigenvalue weighted by Crippen LogP contribution is 2.25. The predicted octanol–water partition coefficient (Wildman–Crippen LogP) is 5.03. The highest BCUT2D eigenvalue weighted by Gasteiger charge is 2.20. The first kappa shape index (κ1) is 21.9. The third kappa shape index (κ3) is 4.33. The molecule has 0 aliphatic heterocycles. The molecule has 0 fully saturated rings. The molecular weight excluding hydrogens is 451 g/mol. The zero-order valence-electron chi connectivity index (χ0n) is 17.0. The van der Waals surface area contributed by atoms with Crippen molar-refractivity contribution >= 4 is 62.6 Å². The minimum Gasteiger partial charge on any atom is -0.451 e. The Morgan fingerprint density at radius 1 is 0.969 bits per heavy atom. The number of nitrogens with one attached hydrogen (secondary N) is 1. The summed E-state index contributed by atoms with van der Waals surface area (Å²) >= 11 is 11.9. The van der Waals surface area contributed by atoms with Gasteiger partial charge in [0.1, 0.15) is 6.54 Å². The third-order valence-corrected chi connectivity index (χ3v) is 5.58. The lowest BCUT2D eigenvalue weighted by Gasteiger charge is -2.17. The quantitative estimate of drug-likeness (QED) is 0.329. The van der Waals surface area contributed by atoms with Crippen LogP contribution < -0.4 is 10.7 Å². The van der Waals surface area contributed by atoms with Gasteiger partial charge in [-0.05, 0) is 49.4 Å². The maximum absolute atomic E-state index is 12.8. The van der Waals surface area contributed by atoms with E-state index in [9.17, 15) is 14.4 Å². The van der Waals surface area contributed by atoms with Crippen LogP contribution in [0.5, 0.6) is 0 Å². The van der Waals surface area contributed by atoms with Gasteiger partial charge in [0.25, 0.3) is 5.91 Å². The Labute approximate surface area is 193 Å². The summed E-state index contributed by atoms with van der Waals surface area (Å²) in [7, 11) is 0. The molecule has 0 radical (unpaired) electrons. The van der Waals surface area contributed by atoms with E-state index < -0.39 is 18.0 Å². The minimum absolute atomic E-state index is 0.103. The molecule has 1 N–H and O–H groups in total. The van der Waals surface area contributed by atoms with Crippen molar-refractivity contribution in [2.45, 2.75) is 19.6 Å². The minimum atomic E-state index is -1.06. The van der Waals surface area contributed by atoms with Gasteiger partial charge < -0.3 is 14.6 Å². The number of carbonyl (C=O) groups excluding carboxylic acids is 2. The van der Waals surface area contributed by atoms with Gasteiger partial charge in [0.2, 0.25) is 0 Å². The fraction of sp³-hybridized carbons (Fsp3) is 0.125. The van der Waals surface area contributed by atoms with Crippen LogP contribution in [0.25, 0.3) is 21.8 Å². The number of anilines is 1. The summed E-state index contributed by atoms with van der Waals surface area (Å²) in [5, 5.41) is 4.33. The Hall–Kier alpha value is -3.35. The van der Waals surface area contributed by atoms with Crippen molar-refractivity contribution in [3.8, 4) is 0 Å². The highest BCUT2D eigenvalue weighted by molar-refractivity contribution is 6.36. The maximum Gasteiger partial charge on any atom is 0.326 e. The Morgan fingerprint density at radius 2 is 1.56 bits per heavy atom. The molecule has 1 aromatic heterocycles. The van der Waals surface area contributed by atoms with E-state index in [0.717, 1.165) is 0 Å². The first-order chi connectivity index (χ1) is 15.3. The highest BCUT2D eigenvalue weighted by atomic mass is 35.5. The summed E-state index contributed by atoms with van der Waals surface area (Å²) in [4.78, 5) is 38.0. The lowest BCUT2D eigenvalue weighted by Crippen LogP contribution is -2.31. The zero-order valence-corrected chi connectivity index (χ0v) is 18.5. The third-order valence-electron chi connectivity index (χ3n) is 5.03. The molecule has 1 amide bonds. The van der Waals surface area contributed by atoms with Crippen LogP contribution in [0.15, 0.2) is 71.5 Å². The number of carbonyl (C=O) groups is 2. The van der Waals surface area contributed by atoms with Crippen molar-refractivity contribution in [1.29, 1.82) is 0 Å². The van der Waals surface area contributed by atoms with Crippen LogP contribution in [0.2, 0.25) is 10.0 Å². The molecule has 3 aromatic carbocycles. The molecule has 0 bridgehead atoms. The number of amides is 1. The number of esters is 1. The van der Waals surface area contributed by atoms with Crippen molar-refractivity contribution in [2.75, 3.05) is 5.32 Å².